The van der Waals surface area contributed by atoms with Gasteiger partial charge in [-0.05, 0) is 12.8 Å². The molecule has 0 saturated heterocycles. The van der Waals surface area contributed by atoms with Gasteiger partial charge in [0.05, 0.1) is 0 Å². The van der Waals surface area contributed by atoms with Crippen molar-refractivity contribution in [3.63, 3.8) is 0 Å². The summed E-state index contributed by atoms with van der Waals surface area (Å²) in [4.78, 5) is 24.2. The minimum absolute atomic E-state index is 0.295. The summed E-state index contributed by atoms with van der Waals surface area (Å²) in [6.45, 7) is 3.91. The van der Waals surface area contributed by atoms with Crippen LogP contribution in [-0.4, -0.2) is 35.5 Å². The number of carbonyl (C=O) groups is 2. The van der Waals surface area contributed by atoms with Crippen molar-refractivity contribution in [3.8, 4) is 0 Å². The number of carboxylic acids is 1. The van der Waals surface area contributed by atoms with Gasteiger partial charge in [0.15, 0.2) is 0 Å². The molecule has 0 heterocycles. The molecule has 14 heavy (non-hydrogen) atoms. The summed E-state index contributed by atoms with van der Waals surface area (Å²) in [5.74, 6) is -1.29. The molecule has 1 aliphatic carbocycles. The van der Waals surface area contributed by atoms with E-state index in [1.54, 1.807) is 13.1 Å². The molecule has 0 atom stereocenters. The third-order valence-corrected chi connectivity index (χ3v) is 2.78. The SMILES string of the molecule is C=CCN(C)C(=O)C1(C(=O)O)CCC1. The van der Waals surface area contributed by atoms with Gasteiger partial charge in [0.1, 0.15) is 5.41 Å². The molecule has 0 unspecified atom stereocenters. The Balaban J connectivity index is 2.75. The highest BCUT2D eigenvalue weighted by molar-refractivity contribution is 6.02. The number of nitrogens with zero attached hydrogens (tertiary/aromatic N) is 1. The highest BCUT2D eigenvalue weighted by atomic mass is 16.4. The molecule has 0 aromatic heterocycles. The largest absolute Gasteiger partial charge is 0.480 e. The first-order valence-electron chi connectivity index (χ1n) is 4.64. The number of rotatable bonds is 4. The molecule has 0 aromatic rings. The van der Waals surface area contributed by atoms with Crippen LogP contribution in [0.1, 0.15) is 19.3 Å². The fourth-order valence-electron chi connectivity index (χ4n) is 1.69. The summed E-state index contributed by atoms with van der Waals surface area (Å²) in [5, 5.41) is 9.00. The van der Waals surface area contributed by atoms with Gasteiger partial charge in [0, 0.05) is 13.6 Å². The Morgan fingerprint density at radius 3 is 2.43 bits per heavy atom. The third-order valence-electron chi connectivity index (χ3n) is 2.78. The van der Waals surface area contributed by atoms with Crippen molar-refractivity contribution < 1.29 is 14.7 Å². The van der Waals surface area contributed by atoms with Gasteiger partial charge >= 0.3 is 5.97 Å². The summed E-state index contributed by atoms with van der Waals surface area (Å²) in [5.41, 5.74) is -1.14. The van der Waals surface area contributed by atoms with Crippen LogP contribution < -0.4 is 0 Å². The normalized spacial score (nSPS) is 18.1. The van der Waals surface area contributed by atoms with Crippen LogP contribution in [-0.2, 0) is 9.59 Å². The maximum absolute atomic E-state index is 11.8. The van der Waals surface area contributed by atoms with Gasteiger partial charge in [-0.3, -0.25) is 9.59 Å². The molecule has 0 spiro atoms. The monoisotopic (exact) mass is 197 g/mol. The quantitative estimate of drug-likeness (QED) is 0.537. The van der Waals surface area contributed by atoms with Crippen molar-refractivity contribution in [2.75, 3.05) is 13.6 Å². The van der Waals surface area contributed by atoms with Crippen molar-refractivity contribution >= 4 is 11.9 Å². The van der Waals surface area contributed by atoms with E-state index in [0.717, 1.165) is 6.42 Å². The lowest BCUT2D eigenvalue weighted by atomic mass is 9.68. The van der Waals surface area contributed by atoms with E-state index in [2.05, 4.69) is 6.58 Å². The second-order valence-electron chi connectivity index (χ2n) is 3.72. The zero-order chi connectivity index (χ0) is 10.8. The second kappa shape index (κ2) is 3.82. The maximum atomic E-state index is 11.8. The first-order chi connectivity index (χ1) is 6.54. The van der Waals surface area contributed by atoms with Crippen LogP contribution in [0.4, 0.5) is 0 Å². The number of hydrogen-bond acceptors (Lipinski definition) is 2. The van der Waals surface area contributed by atoms with Gasteiger partial charge in [-0.25, -0.2) is 0 Å². The highest BCUT2D eigenvalue weighted by Gasteiger charge is 2.52. The molecule has 0 aliphatic heterocycles. The van der Waals surface area contributed by atoms with Crippen LogP contribution in [0, 0.1) is 5.41 Å². The summed E-state index contributed by atoms with van der Waals surface area (Å²) >= 11 is 0. The predicted molar refractivity (Wildman–Crippen MR) is 51.8 cm³/mol. The smallest absolute Gasteiger partial charge is 0.319 e. The average molecular weight is 197 g/mol. The van der Waals surface area contributed by atoms with Crippen molar-refractivity contribution in [2.45, 2.75) is 19.3 Å². The minimum Gasteiger partial charge on any atom is -0.480 e. The molecule has 4 heteroatoms. The maximum Gasteiger partial charge on any atom is 0.319 e. The standard InChI is InChI=1S/C10H15NO3/c1-3-7-11(2)8(12)10(9(13)14)5-4-6-10/h3H,1,4-7H2,2H3,(H,13,14). The van der Waals surface area contributed by atoms with Gasteiger partial charge in [0.25, 0.3) is 0 Å². The summed E-state index contributed by atoms with van der Waals surface area (Å²) in [6, 6.07) is 0. The second-order valence-corrected chi connectivity index (χ2v) is 3.72. The number of carbonyl (C=O) groups excluding carboxylic acids is 1. The van der Waals surface area contributed by atoms with Crippen LogP contribution >= 0.6 is 0 Å². The molecule has 1 fully saturated rings. The fraction of sp³-hybridized carbons (Fsp3) is 0.600. The average Bonchev–Trinajstić information content (AvgIpc) is 2.01. The molecule has 1 rings (SSSR count). The Kier molecular flexibility index (Phi) is 2.93. The van der Waals surface area contributed by atoms with E-state index in [9.17, 15) is 9.59 Å². The van der Waals surface area contributed by atoms with E-state index in [1.807, 2.05) is 0 Å². The van der Waals surface area contributed by atoms with Gasteiger partial charge in [-0.1, -0.05) is 12.5 Å². The first-order valence-corrected chi connectivity index (χ1v) is 4.64. The molecule has 0 bridgehead atoms. The Labute approximate surface area is 83.2 Å². The van der Waals surface area contributed by atoms with Gasteiger partial charge in [-0.15, -0.1) is 6.58 Å². The van der Waals surface area contributed by atoms with Crippen LogP contribution in [0.25, 0.3) is 0 Å². The van der Waals surface area contributed by atoms with Crippen molar-refractivity contribution in [3.05, 3.63) is 12.7 Å². The van der Waals surface area contributed by atoms with Crippen LogP contribution in [0.5, 0.6) is 0 Å². The molecule has 1 aliphatic rings. The molecule has 78 valence electrons. The summed E-state index contributed by atoms with van der Waals surface area (Å²) in [6.07, 6.45) is 3.33. The fourth-order valence-corrected chi connectivity index (χ4v) is 1.69. The summed E-state index contributed by atoms with van der Waals surface area (Å²) in [7, 11) is 1.60. The van der Waals surface area contributed by atoms with Crippen molar-refractivity contribution in [1.82, 2.24) is 4.90 Å². The Bertz CT molecular complexity index is 269. The van der Waals surface area contributed by atoms with E-state index in [4.69, 9.17) is 5.11 Å². The molecule has 1 N–H and O–H groups in total. The van der Waals surface area contributed by atoms with E-state index in [1.165, 1.54) is 4.90 Å². The molecular formula is C10H15NO3. The first kappa shape index (κ1) is 10.8. The minimum atomic E-state index is -1.14. The zero-order valence-electron chi connectivity index (χ0n) is 8.32. The van der Waals surface area contributed by atoms with Crippen LogP contribution in [0.15, 0.2) is 12.7 Å². The van der Waals surface area contributed by atoms with Gasteiger partial charge < -0.3 is 10.0 Å². The highest BCUT2D eigenvalue weighted by Crippen LogP contribution is 2.42. The topological polar surface area (TPSA) is 57.6 Å². The van der Waals surface area contributed by atoms with E-state index in [0.29, 0.717) is 19.4 Å². The lowest BCUT2D eigenvalue weighted by Crippen LogP contribution is -2.51. The third kappa shape index (κ3) is 1.52. The molecular weight excluding hydrogens is 182 g/mol. The Morgan fingerprint density at radius 1 is 1.57 bits per heavy atom. The van der Waals surface area contributed by atoms with Crippen molar-refractivity contribution in [1.29, 1.82) is 0 Å². The lowest BCUT2D eigenvalue weighted by Gasteiger charge is -2.38. The molecule has 0 aromatic carbocycles. The Hall–Kier alpha value is -1.32. The molecule has 4 nitrogen and oxygen atoms in total. The number of likely N-dealkylation sites (N-methyl/N-ethyl adjacent to an activating group) is 1. The summed E-state index contributed by atoms with van der Waals surface area (Å²) < 4.78 is 0. The number of carboxylic acid groups (broad SMARTS) is 1. The van der Waals surface area contributed by atoms with E-state index in [-0.39, 0.29) is 5.91 Å². The number of hydrogen-bond donors (Lipinski definition) is 1. The van der Waals surface area contributed by atoms with Crippen LogP contribution in [0.2, 0.25) is 0 Å². The van der Waals surface area contributed by atoms with E-state index < -0.39 is 11.4 Å². The Morgan fingerprint density at radius 2 is 2.14 bits per heavy atom. The molecule has 1 saturated carbocycles. The van der Waals surface area contributed by atoms with Crippen LogP contribution in [0.3, 0.4) is 0 Å². The molecule has 0 radical (unpaired) electrons. The zero-order valence-corrected chi connectivity index (χ0v) is 8.32. The number of aliphatic carboxylic acids is 1. The van der Waals surface area contributed by atoms with Crippen molar-refractivity contribution in [2.24, 2.45) is 5.41 Å². The molecule has 1 amide bonds. The number of amides is 1. The van der Waals surface area contributed by atoms with Gasteiger partial charge in [0.2, 0.25) is 5.91 Å². The van der Waals surface area contributed by atoms with E-state index >= 15 is 0 Å². The van der Waals surface area contributed by atoms with Gasteiger partial charge in [-0.2, -0.15) is 0 Å². The predicted octanol–water partition coefficient (Wildman–Crippen LogP) is 0.886. The lowest BCUT2D eigenvalue weighted by molar-refractivity contribution is -0.166.